The Labute approximate surface area is 168 Å². The third-order valence-corrected chi connectivity index (χ3v) is 7.23. The predicted octanol–water partition coefficient (Wildman–Crippen LogP) is 2.25. The van der Waals surface area contributed by atoms with Gasteiger partial charge in [-0.25, -0.2) is 8.42 Å². The average molecular weight is 413 g/mol. The van der Waals surface area contributed by atoms with Crippen molar-refractivity contribution in [1.29, 1.82) is 0 Å². The molecule has 0 saturated carbocycles. The normalized spacial score (nSPS) is 17.2. The molecule has 1 fully saturated rings. The summed E-state index contributed by atoms with van der Waals surface area (Å²) in [6, 6.07) is 4.46. The molecule has 1 aromatic rings. The molecule has 1 saturated heterocycles. The van der Waals surface area contributed by atoms with Crippen molar-refractivity contribution in [2.24, 2.45) is 11.8 Å². The molecular formula is C20H32N2O5S. The molecule has 2 rings (SSSR count). The number of nitrogens with one attached hydrogen (secondary N) is 1. The van der Waals surface area contributed by atoms with Crippen molar-refractivity contribution in [3.63, 3.8) is 0 Å². The summed E-state index contributed by atoms with van der Waals surface area (Å²) in [6.45, 7) is 5.23. The van der Waals surface area contributed by atoms with Crippen LogP contribution < -0.4 is 10.1 Å². The van der Waals surface area contributed by atoms with Crippen LogP contribution in [0.2, 0.25) is 0 Å². The highest BCUT2D eigenvalue weighted by atomic mass is 32.2. The van der Waals surface area contributed by atoms with Crippen LogP contribution >= 0.6 is 0 Å². The van der Waals surface area contributed by atoms with E-state index in [1.54, 1.807) is 6.07 Å². The number of rotatable bonds is 8. The Balaban J connectivity index is 2.26. The summed E-state index contributed by atoms with van der Waals surface area (Å²) >= 11 is 0. The molecule has 0 unspecified atom stereocenters. The second kappa shape index (κ2) is 10.2. The maximum atomic E-state index is 13.2. The fraction of sp³-hybridized carbons (Fsp3) is 0.650. The van der Waals surface area contributed by atoms with Crippen LogP contribution in [0.1, 0.15) is 49.9 Å². The number of hydrogen-bond donors (Lipinski definition) is 2. The van der Waals surface area contributed by atoms with Gasteiger partial charge in [-0.1, -0.05) is 26.7 Å². The van der Waals surface area contributed by atoms with Crippen molar-refractivity contribution in [3.05, 3.63) is 23.8 Å². The van der Waals surface area contributed by atoms with Gasteiger partial charge in [0.1, 0.15) is 10.6 Å². The van der Waals surface area contributed by atoms with Crippen LogP contribution in [0.25, 0.3) is 0 Å². The molecule has 158 valence electrons. The van der Waals surface area contributed by atoms with Gasteiger partial charge >= 0.3 is 0 Å². The van der Waals surface area contributed by atoms with Crippen molar-refractivity contribution >= 4 is 15.9 Å². The Morgan fingerprint density at radius 1 is 1.21 bits per heavy atom. The van der Waals surface area contributed by atoms with Crippen molar-refractivity contribution in [1.82, 2.24) is 9.62 Å². The Kier molecular flexibility index (Phi) is 8.27. The van der Waals surface area contributed by atoms with Crippen LogP contribution in [0.4, 0.5) is 0 Å². The summed E-state index contributed by atoms with van der Waals surface area (Å²) in [5, 5.41) is 12.2. The Hall–Kier alpha value is -1.64. The number of methoxy groups -OCH3 is 1. The number of aliphatic hydroxyl groups excluding tert-OH is 1. The molecule has 1 aromatic carbocycles. The molecule has 1 aliphatic rings. The molecule has 0 aliphatic carbocycles. The molecular weight excluding hydrogens is 380 g/mol. The topological polar surface area (TPSA) is 95.9 Å². The molecule has 28 heavy (non-hydrogen) atoms. The van der Waals surface area contributed by atoms with E-state index in [0.29, 0.717) is 19.6 Å². The van der Waals surface area contributed by atoms with Crippen molar-refractivity contribution in [2.45, 2.75) is 44.4 Å². The van der Waals surface area contributed by atoms with Crippen LogP contribution in [0, 0.1) is 11.8 Å². The minimum atomic E-state index is -3.75. The minimum Gasteiger partial charge on any atom is -0.495 e. The largest absolute Gasteiger partial charge is 0.495 e. The second-order valence-corrected chi connectivity index (χ2v) is 9.49. The highest BCUT2D eigenvalue weighted by molar-refractivity contribution is 7.89. The van der Waals surface area contributed by atoms with Gasteiger partial charge in [0.15, 0.2) is 0 Å². The number of ether oxygens (including phenoxy) is 1. The number of benzene rings is 1. The number of hydrogen-bond acceptors (Lipinski definition) is 5. The van der Waals surface area contributed by atoms with Crippen LogP contribution in [0.5, 0.6) is 5.75 Å². The second-order valence-electron chi connectivity index (χ2n) is 7.58. The minimum absolute atomic E-state index is 0.0187. The quantitative estimate of drug-likeness (QED) is 0.683. The van der Waals surface area contributed by atoms with Gasteiger partial charge in [-0.05, 0) is 37.0 Å². The summed E-state index contributed by atoms with van der Waals surface area (Å²) in [7, 11) is -2.32. The lowest BCUT2D eigenvalue weighted by Crippen LogP contribution is -2.34. The molecule has 1 atom stereocenters. The van der Waals surface area contributed by atoms with E-state index in [1.807, 2.05) is 13.8 Å². The van der Waals surface area contributed by atoms with E-state index in [9.17, 15) is 18.3 Å². The highest BCUT2D eigenvalue weighted by Crippen LogP contribution is 2.29. The van der Waals surface area contributed by atoms with E-state index in [1.165, 1.54) is 23.5 Å². The van der Waals surface area contributed by atoms with Crippen molar-refractivity contribution < 1.29 is 23.1 Å². The summed E-state index contributed by atoms with van der Waals surface area (Å²) in [4.78, 5) is 12.6. The summed E-state index contributed by atoms with van der Waals surface area (Å²) < 4.78 is 33.1. The molecule has 0 aromatic heterocycles. The molecule has 7 nitrogen and oxygen atoms in total. The SMILES string of the molecule is COc1ccc(C(=O)NC[C@H](CO)C(C)C)cc1S(=O)(=O)N1CCCCCC1. The average Bonchev–Trinajstić information content (AvgIpc) is 2.97. The summed E-state index contributed by atoms with van der Waals surface area (Å²) in [5.41, 5.74) is 0.259. The first-order valence-electron chi connectivity index (χ1n) is 9.88. The maximum absolute atomic E-state index is 13.2. The third kappa shape index (κ3) is 5.46. The first-order valence-corrected chi connectivity index (χ1v) is 11.3. The number of amides is 1. The van der Waals surface area contributed by atoms with E-state index in [0.717, 1.165) is 25.7 Å². The zero-order valence-electron chi connectivity index (χ0n) is 17.0. The number of sulfonamides is 1. The zero-order chi connectivity index (χ0) is 20.7. The summed E-state index contributed by atoms with van der Waals surface area (Å²) in [6.07, 6.45) is 3.71. The van der Waals surface area contributed by atoms with Gasteiger partial charge in [0.2, 0.25) is 10.0 Å². The van der Waals surface area contributed by atoms with E-state index in [-0.39, 0.29) is 40.6 Å². The zero-order valence-corrected chi connectivity index (χ0v) is 17.8. The maximum Gasteiger partial charge on any atom is 0.251 e. The molecule has 0 spiro atoms. The summed E-state index contributed by atoms with van der Waals surface area (Å²) in [5.74, 6) is 0.0351. The standard InChI is InChI=1S/C20H32N2O5S/c1-15(2)17(14-23)13-21-20(24)16-8-9-18(27-3)19(12-16)28(25,26)22-10-6-4-5-7-11-22/h8-9,12,15,17,23H,4-7,10-11,13-14H2,1-3H3,(H,21,24)/t17-/m1/s1. The van der Waals surface area contributed by atoms with Gasteiger partial charge in [-0.2, -0.15) is 4.31 Å². The Morgan fingerprint density at radius 3 is 2.39 bits per heavy atom. The number of carbonyl (C=O) groups excluding carboxylic acids is 1. The number of nitrogens with zero attached hydrogens (tertiary/aromatic N) is 1. The van der Waals surface area contributed by atoms with Crippen LogP contribution in [0.3, 0.4) is 0 Å². The molecule has 8 heteroatoms. The predicted molar refractivity (Wildman–Crippen MR) is 108 cm³/mol. The van der Waals surface area contributed by atoms with E-state index in [2.05, 4.69) is 5.32 Å². The molecule has 2 N–H and O–H groups in total. The van der Waals surface area contributed by atoms with Crippen LogP contribution in [-0.4, -0.2) is 57.1 Å². The van der Waals surface area contributed by atoms with Gasteiger partial charge in [-0.3, -0.25) is 4.79 Å². The third-order valence-electron chi connectivity index (χ3n) is 5.31. The fourth-order valence-corrected chi connectivity index (χ4v) is 4.98. The van der Waals surface area contributed by atoms with Gasteiger partial charge < -0.3 is 15.2 Å². The molecule has 0 radical (unpaired) electrons. The van der Waals surface area contributed by atoms with Gasteiger partial charge in [-0.15, -0.1) is 0 Å². The Bertz CT molecular complexity index is 756. The highest BCUT2D eigenvalue weighted by Gasteiger charge is 2.29. The van der Waals surface area contributed by atoms with Crippen LogP contribution in [-0.2, 0) is 10.0 Å². The van der Waals surface area contributed by atoms with Crippen molar-refractivity contribution in [3.8, 4) is 5.75 Å². The van der Waals surface area contributed by atoms with Gasteiger partial charge in [0, 0.05) is 37.7 Å². The van der Waals surface area contributed by atoms with E-state index in [4.69, 9.17) is 4.74 Å². The first-order chi connectivity index (χ1) is 13.3. The molecule has 1 heterocycles. The molecule has 0 bridgehead atoms. The lowest BCUT2D eigenvalue weighted by Gasteiger charge is -2.22. The molecule has 1 amide bonds. The molecule has 1 aliphatic heterocycles. The monoisotopic (exact) mass is 412 g/mol. The van der Waals surface area contributed by atoms with Gasteiger partial charge in [0.05, 0.1) is 7.11 Å². The lowest BCUT2D eigenvalue weighted by molar-refractivity contribution is 0.0931. The number of carbonyl (C=O) groups is 1. The van der Waals surface area contributed by atoms with E-state index >= 15 is 0 Å². The van der Waals surface area contributed by atoms with Gasteiger partial charge in [0.25, 0.3) is 5.91 Å². The van der Waals surface area contributed by atoms with E-state index < -0.39 is 10.0 Å². The fourth-order valence-electron chi connectivity index (χ4n) is 3.28. The first kappa shape index (κ1) is 22.6. The Morgan fingerprint density at radius 2 is 1.86 bits per heavy atom. The lowest BCUT2D eigenvalue weighted by atomic mass is 9.97. The number of aliphatic hydroxyl groups is 1. The van der Waals surface area contributed by atoms with Crippen LogP contribution in [0.15, 0.2) is 23.1 Å². The van der Waals surface area contributed by atoms with Crippen molar-refractivity contribution in [2.75, 3.05) is 33.4 Å². The smallest absolute Gasteiger partial charge is 0.251 e.